The maximum absolute atomic E-state index is 13.4. The molecule has 14 heteroatoms. The molecule has 2 amide bonds. The van der Waals surface area contributed by atoms with Crippen LogP contribution in [-0.2, 0) is 27.5 Å². The Kier molecular flexibility index (Phi) is 11.6. The van der Waals surface area contributed by atoms with Crippen LogP contribution in [0.15, 0.2) is 55.0 Å². The second-order valence-corrected chi connectivity index (χ2v) is 23.0. The third-order valence-corrected chi connectivity index (χ3v) is 12.2. The molecule has 294 valence electrons. The van der Waals surface area contributed by atoms with Crippen LogP contribution < -0.4 is 15.5 Å². The summed E-state index contributed by atoms with van der Waals surface area (Å²) in [5, 5.41) is 7.06. The highest BCUT2D eigenvalue weighted by molar-refractivity contribution is 6.76. The third-order valence-electron chi connectivity index (χ3n) is 10.5. The summed E-state index contributed by atoms with van der Waals surface area (Å²) in [6.45, 7) is 17.4. The molecule has 55 heavy (non-hydrogen) atoms. The molecule has 3 aromatic heterocycles. The number of anilines is 2. The van der Waals surface area contributed by atoms with E-state index in [2.05, 4.69) is 55.7 Å². The fourth-order valence-electron chi connectivity index (χ4n) is 7.80. The van der Waals surface area contributed by atoms with Gasteiger partial charge >= 0.3 is 6.09 Å². The quantitative estimate of drug-likeness (QED) is 0.116. The Hall–Kier alpha value is -4.37. The van der Waals surface area contributed by atoms with E-state index >= 15 is 0 Å². The number of likely N-dealkylation sites (tertiary alicyclic amines) is 1. The van der Waals surface area contributed by atoms with E-state index in [-0.39, 0.29) is 11.9 Å². The number of morpholine rings is 1. The Labute approximate surface area is 325 Å². The van der Waals surface area contributed by atoms with Crippen LogP contribution in [-0.4, -0.2) is 101 Å². The smallest absolute Gasteiger partial charge is 0.407 e. The minimum Gasteiger partial charge on any atom is -0.444 e. The molecule has 3 fully saturated rings. The van der Waals surface area contributed by atoms with Crippen molar-refractivity contribution in [2.45, 2.75) is 109 Å². The van der Waals surface area contributed by atoms with E-state index in [1.807, 2.05) is 57.2 Å². The lowest BCUT2D eigenvalue weighted by molar-refractivity contribution is 0.0470. The van der Waals surface area contributed by atoms with Gasteiger partial charge in [-0.3, -0.25) is 14.7 Å². The van der Waals surface area contributed by atoms with Crippen molar-refractivity contribution in [2.24, 2.45) is 0 Å². The predicted molar refractivity (Wildman–Crippen MR) is 217 cm³/mol. The summed E-state index contributed by atoms with van der Waals surface area (Å²) in [5.41, 5.74) is 4.29. The van der Waals surface area contributed by atoms with Crippen molar-refractivity contribution >= 4 is 42.6 Å². The fraction of sp³-hybridized carbons (Fsp3) is 0.537. The first kappa shape index (κ1) is 38.9. The average molecular weight is 769 g/mol. The summed E-state index contributed by atoms with van der Waals surface area (Å²) in [6.07, 6.45) is 7.03. The van der Waals surface area contributed by atoms with Crippen molar-refractivity contribution in [1.29, 1.82) is 0 Å². The van der Waals surface area contributed by atoms with Gasteiger partial charge in [0.15, 0.2) is 0 Å². The molecule has 7 rings (SSSR count). The summed E-state index contributed by atoms with van der Waals surface area (Å²) < 4.78 is 19.8. The van der Waals surface area contributed by atoms with Crippen molar-refractivity contribution in [3.8, 4) is 11.3 Å². The Balaban J connectivity index is 1.04. The standard InChI is InChI=1S/C41H56N8O5Si/c1-41(2,3)54-40(51)46-31-8-7-17-47(23-31)22-28-15-16-42-35(20-28)39(50)45-30-11-9-29(10-12-30)36-21-34-37(48(36)27-52-18-19-55(4,5)6)43-26-44-38(34)49-32-13-14-33(49)25-53-24-32/h9-12,15-16,20-21,26,31-33H,7-8,13-14,17-19,22-25,27H2,1-6H3,(H,45,50)(H,46,51)/t31-,32?,33?/m1/s1. The Bertz CT molecular complexity index is 1960. The first-order valence-electron chi connectivity index (χ1n) is 19.7. The van der Waals surface area contributed by atoms with Crippen molar-refractivity contribution in [2.75, 3.05) is 43.1 Å². The van der Waals surface area contributed by atoms with Gasteiger partial charge in [-0.15, -0.1) is 0 Å². The lowest BCUT2D eigenvalue weighted by Gasteiger charge is -2.35. The number of carbonyl (C=O) groups excluding carboxylic acids is 2. The first-order valence-corrected chi connectivity index (χ1v) is 23.4. The SMILES string of the molecule is CC(C)(C)OC(=O)N[C@@H]1CCCN(Cc2ccnc(C(=O)Nc3ccc(-c4cc5c(N6C7CCC6COC7)ncnc5n4COCC[Si](C)(C)C)cc3)c2)C1. The number of nitrogens with one attached hydrogen (secondary N) is 2. The van der Waals surface area contributed by atoms with Gasteiger partial charge < -0.3 is 34.3 Å². The second-order valence-electron chi connectivity index (χ2n) is 17.4. The largest absolute Gasteiger partial charge is 0.444 e. The van der Waals surface area contributed by atoms with Crippen LogP contribution in [0.4, 0.5) is 16.3 Å². The molecule has 0 aliphatic carbocycles. The summed E-state index contributed by atoms with van der Waals surface area (Å²) in [7, 11) is -1.26. The Morgan fingerprint density at radius 2 is 1.75 bits per heavy atom. The summed E-state index contributed by atoms with van der Waals surface area (Å²) >= 11 is 0. The number of pyridine rings is 1. The van der Waals surface area contributed by atoms with Crippen LogP contribution in [0.5, 0.6) is 0 Å². The number of carbonyl (C=O) groups is 2. The molecule has 4 aromatic rings. The zero-order valence-electron chi connectivity index (χ0n) is 33.1. The van der Waals surface area contributed by atoms with Gasteiger partial charge in [0.1, 0.15) is 35.8 Å². The van der Waals surface area contributed by atoms with Crippen molar-refractivity contribution in [3.05, 3.63) is 66.2 Å². The van der Waals surface area contributed by atoms with Gasteiger partial charge in [-0.25, -0.2) is 14.8 Å². The predicted octanol–water partition coefficient (Wildman–Crippen LogP) is 6.91. The Morgan fingerprint density at radius 3 is 2.47 bits per heavy atom. The van der Waals surface area contributed by atoms with Gasteiger partial charge in [-0.05, 0) is 101 Å². The topological polar surface area (TPSA) is 136 Å². The van der Waals surface area contributed by atoms with E-state index in [0.29, 0.717) is 49.9 Å². The molecule has 2 bridgehead atoms. The lowest BCUT2D eigenvalue weighted by Crippen LogP contribution is -2.48. The van der Waals surface area contributed by atoms with Gasteiger partial charge in [-0.1, -0.05) is 31.8 Å². The minimum absolute atomic E-state index is 0.00904. The van der Waals surface area contributed by atoms with Crippen molar-refractivity contribution in [1.82, 2.24) is 29.7 Å². The normalized spacial score (nSPS) is 20.5. The van der Waals surface area contributed by atoms with Crippen LogP contribution in [0.25, 0.3) is 22.3 Å². The molecular formula is C41H56N8O5Si. The van der Waals surface area contributed by atoms with Gasteiger partial charge in [-0.2, -0.15) is 0 Å². The third kappa shape index (κ3) is 9.72. The number of ether oxygens (including phenoxy) is 3. The number of aromatic nitrogens is 4. The number of benzene rings is 1. The highest BCUT2D eigenvalue weighted by Crippen LogP contribution is 2.39. The maximum Gasteiger partial charge on any atom is 0.407 e. The highest BCUT2D eigenvalue weighted by atomic mass is 28.3. The molecule has 3 atom stereocenters. The average Bonchev–Trinajstić information content (AvgIpc) is 3.61. The monoisotopic (exact) mass is 768 g/mol. The zero-order chi connectivity index (χ0) is 38.7. The van der Waals surface area contributed by atoms with Crippen molar-refractivity contribution < 1.29 is 23.8 Å². The molecule has 13 nitrogen and oxygen atoms in total. The molecule has 0 saturated carbocycles. The van der Waals surface area contributed by atoms with E-state index in [9.17, 15) is 9.59 Å². The van der Waals surface area contributed by atoms with Crippen LogP contribution in [0.2, 0.25) is 25.7 Å². The minimum atomic E-state index is -1.26. The number of hydrogen-bond donors (Lipinski definition) is 2. The highest BCUT2D eigenvalue weighted by Gasteiger charge is 2.39. The summed E-state index contributed by atoms with van der Waals surface area (Å²) in [6, 6.07) is 15.6. The number of nitrogens with zero attached hydrogens (tertiary/aromatic N) is 6. The molecule has 1 aromatic carbocycles. The van der Waals surface area contributed by atoms with Crippen LogP contribution >= 0.6 is 0 Å². The van der Waals surface area contributed by atoms with Crippen molar-refractivity contribution in [3.63, 3.8) is 0 Å². The summed E-state index contributed by atoms with van der Waals surface area (Å²) in [4.78, 5) is 44.5. The molecule has 3 saturated heterocycles. The molecule has 2 unspecified atom stereocenters. The molecule has 6 heterocycles. The van der Waals surface area contributed by atoms with Gasteiger partial charge in [0.05, 0.1) is 36.4 Å². The van der Waals surface area contributed by atoms with Crippen LogP contribution in [0, 0.1) is 0 Å². The fourth-order valence-corrected chi connectivity index (χ4v) is 8.56. The number of fused-ring (bicyclic) bond motifs is 3. The van der Waals surface area contributed by atoms with E-state index in [4.69, 9.17) is 24.2 Å². The number of piperidine rings is 1. The number of amides is 2. The number of rotatable bonds is 12. The van der Waals surface area contributed by atoms with E-state index in [0.717, 1.165) is 85.2 Å². The second kappa shape index (κ2) is 16.4. The van der Waals surface area contributed by atoms with Gasteiger partial charge in [0, 0.05) is 45.7 Å². The lowest BCUT2D eigenvalue weighted by atomic mass is 10.0. The van der Waals surface area contributed by atoms with Gasteiger partial charge in [0.25, 0.3) is 5.91 Å². The molecule has 3 aliphatic rings. The van der Waals surface area contributed by atoms with E-state index < -0.39 is 19.8 Å². The molecule has 0 spiro atoms. The van der Waals surface area contributed by atoms with Gasteiger partial charge in [0.2, 0.25) is 0 Å². The van der Waals surface area contributed by atoms with Crippen LogP contribution in [0.1, 0.15) is 62.5 Å². The molecule has 0 radical (unpaired) electrons. The molecule has 2 N–H and O–H groups in total. The number of hydrogen-bond acceptors (Lipinski definition) is 10. The van der Waals surface area contributed by atoms with E-state index in [1.54, 1.807) is 12.5 Å². The molecular weight excluding hydrogens is 713 g/mol. The van der Waals surface area contributed by atoms with E-state index in [1.165, 1.54) is 0 Å². The number of alkyl carbamates (subject to hydrolysis) is 1. The zero-order valence-corrected chi connectivity index (χ0v) is 34.1. The molecule has 3 aliphatic heterocycles. The Morgan fingerprint density at radius 1 is 0.982 bits per heavy atom. The first-order chi connectivity index (χ1) is 26.3. The summed E-state index contributed by atoms with van der Waals surface area (Å²) in [5.74, 6) is 0.682. The maximum atomic E-state index is 13.4. The van der Waals surface area contributed by atoms with Crippen LogP contribution in [0.3, 0.4) is 0 Å².